The van der Waals surface area contributed by atoms with Gasteiger partial charge in [-0.2, -0.15) is 0 Å². The van der Waals surface area contributed by atoms with Crippen molar-refractivity contribution in [2.24, 2.45) is 0 Å². The molecule has 0 bridgehead atoms. The average Bonchev–Trinajstić information content (AvgIpc) is 2.37. The van der Waals surface area contributed by atoms with Crippen molar-refractivity contribution in [2.45, 2.75) is 43.4 Å². The second kappa shape index (κ2) is 6.93. The number of hydrogen-bond acceptors (Lipinski definition) is 3. The molecule has 3 nitrogen and oxygen atoms in total. The smallest absolute Gasteiger partial charge is 0.183 e. The fourth-order valence-corrected chi connectivity index (χ4v) is 4.04. The molecule has 2 unspecified atom stereocenters. The molecule has 0 amide bonds. The Labute approximate surface area is 125 Å². The Balaban J connectivity index is 3.06. The van der Waals surface area contributed by atoms with E-state index < -0.39 is 15.1 Å². The number of sulfone groups is 1. The molecule has 0 saturated heterocycles. The second-order valence-electron chi connectivity index (χ2n) is 4.57. The van der Waals surface area contributed by atoms with Crippen LogP contribution in [-0.4, -0.2) is 26.3 Å². The highest BCUT2D eigenvalue weighted by atomic mass is 35.5. The normalized spacial score (nSPS) is 15.2. The first-order valence-electron chi connectivity index (χ1n) is 6.23. The summed E-state index contributed by atoms with van der Waals surface area (Å²) in [6, 6.07) is 4.34. The molecule has 108 valence electrons. The highest BCUT2D eigenvalue weighted by molar-refractivity contribution is 7.92. The van der Waals surface area contributed by atoms with Crippen molar-refractivity contribution in [2.75, 3.05) is 6.54 Å². The Bertz CT molecular complexity index is 531. The van der Waals surface area contributed by atoms with E-state index >= 15 is 0 Å². The van der Waals surface area contributed by atoms with Gasteiger partial charge in [-0.3, -0.25) is 0 Å². The van der Waals surface area contributed by atoms with E-state index in [1.165, 1.54) is 12.1 Å². The summed E-state index contributed by atoms with van der Waals surface area (Å²) in [5.41, 5.74) is 0. The van der Waals surface area contributed by atoms with Crippen molar-refractivity contribution in [3.63, 3.8) is 0 Å². The molecule has 1 N–H and O–H groups in total. The van der Waals surface area contributed by atoms with E-state index in [-0.39, 0.29) is 16.0 Å². The molecule has 0 aromatic heterocycles. The maximum atomic E-state index is 12.5. The van der Waals surface area contributed by atoms with Gasteiger partial charge in [-0.25, -0.2) is 8.42 Å². The molecule has 0 aliphatic heterocycles. The van der Waals surface area contributed by atoms with E-state index in [1.807, 2.05) is 13.8 Å². The van der Waals surface area contributed by atoms with E-state index in [2.05, 4.69) is 5.32 Å². The Morgan fingerprint density at radius 2 is 1.89 bits per heavy atom. The topological polar surface area (TPSA) is 46.2 Å². The molecular formula is C13H19Cl2NO2S. The summed E-state index contributed by atoms with van der Waals surface area (Å²) in [7, 11) is -3.50. The van der Waals surface area contributed by atoms with Crippen LogP contribution in [0, 0.1) is 0 Å². The van der Waals surface area contributed by atoms with Crippen molar-refractivity contribution in [1.29, 1.82) is 0 Å². The van der Waals surface area contributed by atoms with Gasteiger partial charge < -0.3 is 5.32 Å². The maximum absolute atomic E-state index is 12.5. The lowest BCUT2D eigenvalue weighted by Gasteiger charge is -2.22. The van der Waals surface area contributed by atoms with Crippen LogP contribution in [0.1, 0.15) is 27.2 Å². The van der Waals surface area contributed by atoms with E-state index in [0.717, 1.165) is 13.0 Å². The van der Waals surface area contributed by atoms with Crippen molar-refractivity contribution in [3.8, 4) is 0 Å². The molecule has 0 aliphatic rings. The van der Waals surface area contributed by atoms with Crippen molar-refractivity contribution in [3.05, 3.63) is 28.2 Å². The predicted molar refractivity (Wildman–Crippen MR) is 80.9 cm³/mol. The van der Waals surface area contributed by atoms with Crippen LogP contribution in [0.5, 0.6) is 0 Å². The Morgan fingerprint density at radius 3 is 2.47 bits per heavy atom. The first-order valence-corrected chi connectivity index (χ1v) is 8.53. The average molecular weight is 324 g/mol. The molecule has 0 fully saturated rings. The number of halogens is 2. The van der Waals surface area contributed by atoms with Crippen LogP contribution in [0.15, 0.2) is 23.1 Å². The fraction of sp³-hybridized carbons (Fsp3) is 0.538. The van der Waals surface area contributed by atoms with Gasteiger partial charge in [-0.15, -0.1) is 0 Å². The van der Waals surface area contributed by atoms with Crippen molar-refractivity contribution >= 4 is 33.0 Å². The minimum atomic E-state index is -3.50. The third-order valence-electron chi connectivity index (χ3n) is 3.11. The summed E-state index contributed by atoms with van der Waals surface area (Å²) in [4.78, 5) is 0.0966. The third-order valence-corrected chi connectivity index (χ3v) is 6.12. The van der Waals surface area contributed by atoms with Gasteiger partial charge in [-0.05, 0) is 45.0 Å². The van der Waals surface area contributed by atoms with Crippen LogP contribution in [0.4, 0.5) is 0 Å². The fourth-order valence-electron chi connectivity index (χ4n) is 1.70. The van der Waals surface area contributed by atoms with Gasteiger partial charge in [0.1, 0.15) is 0 Å². The van der Waals surface area contributed by atoms with Gasteiger partial charge in [0.15, 0.2) is 9.84 Å². The lowest BCUT2D eigenvalue weighted by molar-refractivity contribution is 0.509. The van der Waals surface area contributed by atoms with Crippen LogP contribution in [0.2, 0.25) is 10.0 Å². The SMILES string of the molecule is CCCNC(C)C(C)S(=O)(=O)c1cc(Cl)ccc1Cl. The van der Waals surface area contributed by atoms with Crippen molar-refractivity contribution in [1.82, 2.24) is 5.32 Å². The molecule has 0 aliphatic carbocycles. The molecule has 0 heterocycles. The van der Waals surface area contributed by atoms with Gasteiger partial charge in [0.05, 0.1) is 15.2 Å². The summed E-state index contributed by atoms with van der Waals surface area (Å²) < 4.78 is 25.1. The zero-order valence-corrected chi connectivity index (χ0v) is 13.6. The summed E-state index contributed by atoms with van der Waals surface area (Å²) in [6.45, 7) is 6.35. The molecule has 0 spiro atoms. The molecular weight excluding hydrogens is 305 g/mol. The zero-order chi connectivity index (χ0) is 14.6. The van der Waals surface area contributed by atoms with Gasteiger partial charge in [0.2, 0.25) is 0 Å². The lowest BCUT2D eigenvalue weighted by atomic mass is 10.2. The molecule has 0 saturated carbocycles. The van der Waals surface area contributed by atoms with Gasteiger partial charge in [0, 0.05) is 11.1 Å². The first kappa shape index (κ1) is 16.8. The standard InChI is InChI=1S/C13H19Cl2NO2S/c1-4-7-16-9(2)10(3)19(17,18)13-8-11(14)5-6-12(13)15/h5-6,8-10,16H,4,7H2,1-3H3. The number of hydrogen-bond donors (Lipinski definition) is 1. The van der Waals surface area contributed by atoms with E-state index in [1.54, 1.807) is 13.0 Å². The quantitative estimate of drug-likeness (QED) is 0.870. The predicted octanol–water partition coefficient (Wildman–Crippen LogP) is 3.54. The summed E-state index contributed by atoms with van der Waals surface area (Å²) in [5, 5.41) is 3.19. The summed E-state index contributed by atoms with van der Waals surface area (Å²) in [6.07, 6.45) is 0.953. The van der Waals surface area contributed by atoms with Crippen LogP contribution < -0.4 is 5.32 Å². The minimum Gasteiger partial charge on any atom is -0.313 e. The molecule has 1 aromatic rings. The van der Waals surface area contributed by atoms with Gasteiger partial charge in [0.25, 0.3) is 0 Å². The van der Waals surface area contributed by atoms with Gasteiger partial charge in [-0.1, -0.05) is 30.1 Å². The van der Waals surface area contributed by atoms with E-state index in [9.17, 15) is 8.42 Å². The number of benzene rings is 1. The first-order chi connectivity index (χ1) is 8.80. The molecule has 0 radical (unpaired) electrons. The molecule has 19 heavy (non-hydrogen) atoms. The Hall–Kier alpha value is -0.290. The summed E-state index contributed by atoms with van der Waals surface area (Å²) >= 11 is 11.8. The monoisotopic (exact) mass is 323 g/mol. The molecule has 2 atom stereocenters. The molecule has 1 rings (SSSR count). The Morgan fingerprint density at radius 1 is 1.26 bits per heavy atom. The largest absolute Gasteiger partial charge is 0.313 e. The third kappa shape index (κ3) is 4.09. The van der Waals surface area contributed by atoms with Gasteiger partial charge >= 0.3 is 0 Å². The van der Waals surface area contributed by atoms with E-state index in [0.29, 0.717) is 5.02 Å². The Kier molecular flexibility index (Phi) is 6.12. The lowest BCUT2D eigenvalue weighted by Crippen LogP contribution is -2.40. The minimum absolute atomic E-state index is 0.0966. The number of rotatable bonds is 6. The van der Waals surface area contributed by atoms with Crippen LogP contribution in [0.25, 0.3) is 0 Å². The van der Waals surface area contributed by atoms with E-state index in [4.69, 9.17) is 23.2 Å². The second-order valence-corrected chi connectivity index (χ2v) is 7.68. The number of nitrogens with one attached hydrogen (secondary N) is 1. The highest BCUT2D eigenvalue weighted by Crippen LogP contribution is 2.28. The molecule has 6 heteroatoms. The van der Waals surface area contributed by atoms with Crippen LogP contribution in [-0.2, 0) is 9.84 Å². The maximum Gasteiger partial charge on any atom is 0.183 e. The highest BCUT2D eigenvalue weighted by Gasteiger charge is 2.29. The van der Waals surface area contributed by atoms with Crippen molar-refractivity contribution < 1.29 is 8.42 Å². The summed E-state index contributed by atoms with van der Waals surface area (Å²) in [5.74, 6) is 0. The van der Waals surface area contributed by atoms with Crippen LogP contribution in [0.3, 0.4) is 0 Å². The zero-order valence-electron chi connectivity index (χ0n) is 11.3. The van der Waals surface area contributed by atoms with Crippen LogP contribution >= 0.6 is 23.2 Å². The molecule has 1 aromatic carbocycles.